The Kier molecular flexibility index (Phi) is 11.4. The number of anilines is 4. The summed E-state index contributed by atoms with van der Waals surface area (Å²) >= 11 is 0. The smallest absolute Gasteiger partial charge is 0.300 e. The van der Waals surface area contributed by atoms with E-state index in [1.54, 1.807) is 19.4 Å². The van der Waals surface area contributed by atoms with Gasteiger partial charge in [-0.25, -0.2) is 4.63 Å². The molecule has 0 aliphatic carbocycles. The van der Waals surface area contributed by atoms with Crippen LogP contribution < -0.4 is 26.0 Å². The van der Waals surface area contributed by atoms with E-state index in [-0.39, 0.29) is 11.2 Å². The van der Waals surface area contributed by atoms with Gasteiger partial charge in [0.2, 0.25) is 23.4 Å². The average molecular weight is 628 g/mol. The van der Waals surface area contributed by atoms with E-state index >= 15 is 0 Å². The molecular formula is C31H37N11O4. The quantitative estimate of drug-likeness (QED) is 0.0536. The number of nitrogens with one attached hydrogen (secondary N) is 4. The number of nitrogens with zero attached hydrogens (tertiary/aromatic N) is 7. The fourth-order valence-electron chi connectivity index (χ4n) is 4.74. The lowest BCUT2D eigenvalue weighted by atomic mass is 10.1. The van der Waals surface area contributed by atoms with Gasteiger partial charge in [-0.3, -0.25) is 15.1 Å². The van der Waals surface area contributed by atoms with Crippen molar-refractivity contribution in [2.24, 2.45) is 0 Å². The van der Waals surface area contributed by atoms with Crippen molar-refractivity contribution in [3.63, 3.8) is 0 Å². The largest absolute Gasteiger partial charge is 0.497 e. The first-order valence-electron chi connectivity index (χ1n) is 15.2. The van der Waals surface area contributed by atoms with Gasteiger partial charge in [0.25, 0.3) is 0 Å². The van der Waals surface area contributed by atoms with E-state index < -0.39 is 4.92 Å². The second kappa shape index (κ2) is 16.5. The van der Waals surface area contributed by atoms with Gasteiger partial charge in [-0.15, -0.1) is 0 Å². The predicted octanol–water partition coefficient (Wildman–Crippen LogP) is 5.11. The van der Waals surface area contributed by atoms with Gasteiger partial charge < -0.3 is 26.0 Å². The van der Waals surface area contributed by atoms with Crippen LogP contribution in [0.3, 0.4) is 0 Å². The van der Waals surface area contributed by atoms with Crippen LogP contribution in [0.4, 0.5) is 29.2 Å². The standard InChI is InChI=1S/C31H37N11O4/c1-45-24-11-9-22(10-12-24)15-20-35-30-37-29(38-31(39-30)36-21-16-23-8-4-7-17-32-23)34-19-6-3-2-5-18-33-25-13-14-26(42(43)44)28-27(25)40-46-41-28/h4,7-14,17,33H,2-3,5-6,15-16,18-21H2,1H3,(H3,34,35,36,37,38,39). The first-order valence-corrected chi connectivity index (χ1v) is 15.2. The van der Waals surface area contributed by atoms with Crippen LogP contribution in [0.2, 0.25) is 0 Å². The van der Waals surface area contributed by atoms with E-state index in [0.717, 1.165) is 50.0 Å². The molecule has 3 aromatic heterocycles. The lowest BCUT2D eigenvalue weighted by molar-refractivity contribution is -0.383. The molecule has 0 unspecified atom stereocenters. The Hall–Kier alpha value is -5.60. The van der Waals surface area contributed by atoms with Crippen LogP contribution in [0.25, 0.3) is 11.0 Å². The SMILES string of the molecule is COc1ccc(CCNc2nc(NCCCCCCNc3ccc([N+](=O)[O-])c4nonc34)nc(NCCc3ccccn3)n2)cc1. The average Bonchev–Trinajstić information content (AvgIpc) is 3.57. The Bertz CT molecular complexity index is 1680. The summed E-state index contributed by atoms with van der Waals surface area (Å²) in [5.74, 6) is 2.33. The molecule has 0 fully saturated rings. The van der Waals surface area contributed by atoms with Crippen LogP contribution in [-0.2, 0) is 12.8 Å². The zero-order valence-corrected chi connectivity index (χ0v) is 25.6. The number of fused-ring (bicyclic) bond motifs is 1. The van der Waals surface area contributed by atoms with Crippen molar-refractivity contribution in [3.8, 4) is 5.75 Å². The zero-order chi connectivity index (χ0) is 32.0. The van der Waals surface area contributed by atoms with E-state index in [4.69, 9.17) is 9.37 Å². The maximum Gasteiger partial charge on any atom is 0.300 e. The third-order valence-corrected chi connectivity index (χ3v) is 7.17. The van der Waals surface area contributed by atoms with Gasteiger partial charge in [-0.05, 0) is 65.5 Å². The zero-order valence-electron chi connectivity index (χ0n) is 25.6. The molecular weight excluding hydrogens is 590 g/mol. The molecule has 0 aliphatic rings. The van der Waals surface area contributed by atoms with Crippen molar-refractivity contribution in [1.29, 1.82) is 0 Å². The van der Waals surface area contributed by atoms with Gasteiger partial charge in [-0.2, -0.15) is 15.0 Å². The van der Waals surface area contributed by atoms with Gasteiger partial charge >= 0.3 is 5.69 Å². The number of benzene rings is 2. The Morgan fingerprint density at radius 2 is 1.39 bits per heavy atom. The number of non-ortho nitro benzene ring substituents is 1. The maximum atomic E-state index is 11.2. The van der Waals surface area contributed by atoms with E-state index in [1.165, 1.54) is 11.6 Å². The normalized spacial score (nSPS) is 10.9. The summed E-state index contributed by atoms with van der Waals surface area (Å²) in [4.78, 5) is 28.8. The van der Waals surface area contributed by atoms with Gasteiger partial charge in [0.1, 0.15) is 5.75 Å². The highest BCUT2D eigenvalue weighted by atomic mass is 16.6. The molecule has 240 valence electrons. The molecule has 15 nitrogen and oxygen atoms in total. The highest BCUT2D eigenvalue weighted by Gasteiger charge is 2.19. The van der Waals surface area contributed by atoms with Crippen LogP contribution in [0.1, 0.15) is 36.9 Å². The Labute approximate surface area is 265 Å². The lowest BCUT2D eigenvalue weighted by Crippen LogP contribution is -2.15. The number of nitro groups is 1. The third kappa shape index (κ3) is 9.20. The molecule has 4 N–H and O–H groups in total. The molecule has 0 bridgehead atoms. The second-order valence-corrected chi connectivity index (χ2v) is 10.4. The number of methoxy groups -OCH3 is 1. The topological polar surface area (TPSA) is 191 Å². The molecule has 0 aliphatic heterocycles. The summed E-state index contributed by atoms with van der Waals surface area (Å²) in [5.41, 5.74) is 3.21. The minimum Gasteiger partial charge on any atom is -0.497 e. The van der Waals surface area contributed by atoms with Gasteiger partial charge in [-0.1, -0.05) is 31.0 Å². The van der Waals surface area contributed by atoms with E-state index in [9.17, 15) is 10.1 Å². The highest BCUT2D eigenvalue weighted by molar-refractivity contribution is 5.93. The van der Waals surface area contributed by atoms with Crippen molar-refractivity contribution < 1.29 is 14.3 Å². The number of hydrogen-bond donors (Lipinski definition) is 4. The number of aromatic nitrogens is 6. The summed E-state index contributed by atoms with van der Waals surface area (Å²) in [7, 11) is 1.66. The summed E-state index contributed by atoms with van der Waals surface area (Å²) in [5, 5.41) is 31.9. The van der Waals surface area contributed by atoms with Crippen molar-refractivity contribution in [1.82, 2.24) is 30.2 Å². The molecule has 2 aromatic carbocycles. The van der Waals surface area contributed by atoms with Crippen LogP contribution in [0.15, 0.2) is 65.4 Å². The van der Waals surface area contributed by atoms with Gasteiger partial charge in [0.15, 0.2) is 5.52 Å². The maximum absolute atomic E-state index is 11.2. The summed E-state index contributed by atoms with van der Waals surface area (Å²) < 4.78 is 9.97. The fourth-order valence-corrected chi connectivity index (χ4v) is 4.74. The first kappa shape index (κ1) is 31.8. The number of ether oxygens (including phenoxy) is 1. The minimum absolute atomic E-state index is 0.128. The summed E-state index contributed by atoms with van der Waals surface area (Å²) in [6, 6.07) is 16.9. The molecule has 0 atom stereocenters. The first-order chi connectivity index (χ1) is 22.6. The Morgan fingerprint density at radius 1 is 0.739 bits per heavy atom. The molecule has 0 saturated heterocycles. The van der Waals surface area contributed by atoms with Crippen LogP contribution in [-0.4, -0.2) is 68.5 Å². The van der Waals surface area contributed by atoms with Gasteiger partial charge in [0.05, 0.1) is 17.7 Å². The van der Waals surface area contributed by atoms with Gasteiger partial charge in [0, 0.05) is 50.6 Å². The monoisotopic (exact) mass is 627 g/mol. The lowest BCUT2D eigenvalue weighted by Gasteiger charge is -2.12. The molecule has 46 heavy (non-hydrogen) atoms. The minimum atomic E-state index is -0.496. The molecule has 0 spiro atoms. The van der Waals surface area contributed by atoms with Crippen molar-refractivity contribution in [3.05, 3.63) is 82.2 Å². The molecule has 5 rings (SSSR count). The summed E-state index contributed by atoms with van der Waals surface area (Å²) in [6.07, 6.45) is 7.19. The van der Waals surface area contributed by atoms with Crippen molar-refractivity contribution >= 4 is 40.3 Å². The molecule has 0 radical (unpaired) electrons. The third-order valence-electron chi connectivity index (χ3n) is 7.17. The van der Waals surface area contributed by atoms with E-state index in [1.807, 2.05) is 42.5 Å². The van der Waals surface area contributed by atoms with E-state index in [2.05, 4.69) is 51.5 Å². The molecule has 15 heteroatoms. The number of nitro benzene ring substituents is 1. The predicted molar refractivity (Wildman–Crippen MR) is 175 cm³/mol. The van der Waals surface area contributed by atoms with Crippen LogP contribution in [0.5, 0.6) is 5.75 Å². The Balaban J connectivity index is 1.07. The fraction of sp³-hybridized carbons (Fsp3) is 0.355. The van der Waals surface area contributed by atoms with Crippen LogP contribution >= 0.6 is 0 Å². The van der Waals surface area contributed by atoms with E-state index in [0.29, 0.717) is 55.2 Å². The second-order valence-electron chi connectivity index (χ2n) is 10.4. The summed E-state index contributed by atoms with van der Waals surface area (Å²) in [6.45, 7) is 2.71. The highest BCUT2D eigenvalue weighted by Crippen LogP contribution is 2.28. The number of rotatable bonds is 19. The number of hydrogen-bond acceptors (Lipinski definition) is 14. The molecule has 0 saturated carbocycles. The van der Waals surface area contributed by atoms with Crippen molar-refractivity contribution in [2.75, 3.05) is 54.6 Å². The number of pyridine rings is 1. The molecule has 5 aromatic rings. The van der Waals surface area contributed by atoms with Crippen LogP contribution in [0, 0.1) is 10.1 Å². The molecule has 3 heterocycles. The van der Waals surface area contributed by atoms with Crippen molar-refractivity contribution in [2.45, 2.75) is 38.5 Å². The number of unbranched alkanes of at least 4 members (excludes halogenated alkanes) is 3. The Morgan fingerprint density at radius 3 is 2.04 bits per heavy atom. The molecule has 0 amide bonds.